The summed E-state index contributed by atoms with van der Waals surface area (Å²) < 4.78 is 17.9. The number of Topliss-reactive ketones (excluding diaryl/α,β-unsaturated/α-hetero) is 1. The molecule has 1 atom stereocenters. The molecule has 1 aliphatic rings. The summed E-state index contributed by atoms with van der Waals surface area (Å²) >= 11 is 0. The molecule has 0 aliphatic carbocycles. The maximum Gasteiger partial charge on any atom is 0.410 e. The fraction of sp³-hybridized carbons (Fsp3) is 0.481. The maximum absolute atomic E-state index is 13.2. The molecule has 1 saturated heterocycles. The average molecular weight is 499 g/mol. The minimum Gasteiger partial charge on any atom is -0.482 e. The highest BCUT2D eigenvalue weighted by molar-refractivity contribution is 5.96. The minimum atomic E-state index is -0.773. The molecule has 0 saturated carbocycles. The number of piperidine rings is 1. The topological polar surface area (TPSA) is 104 Å². The summed E-state index contributed by atoms with van der Waals surface area (Å²) in [5, 5.41) is 0. The summed E-state index contributed by atoms with van der Waals surface area (Å²) in [7, 11) is 1.21. The van der Waals surface area contributed by atoms with Crippen LogP contribution in [0.4, 0.5) is 4.79 Å². The van der Waals surface area contributed by atoms with Gasteiger partial charge >= 0.3 is 12.1 Å². The lowest BCUT2D eigenvalue weighted by atomic mass is 10.0. The molecule has 1 aliphatic heterocycles. The molecule has 0 bridgehead atoms. The van der Waals surface area contributed by atoms with Crippen molar-refractivity contribution >= 4 is 17.8 Å². The third kappa shape index (κ3) is 6.53. The van der Waals surface area contributed by atoms with Gasteiger partial charge in [-0.15, -0.1) is 0 Å². The molecule has 9 nitrogen and oxygen atoms in total. The number of carbonyl (C=O) groups is 3. The first-order valence-corrected chi connectivity index (χ1v) is 12.0. The fourth-order valence-corrected chi connectivity index (χ4v) is 4.18. The van der Waals surface area contributed by atoms with Gasteiger partial charge in [0, 0.05) is 19.3 Å². The lowest BCUT2D eigenvalue weighted by molar-refractivity contribution is 0.00763. The Labute approximate surface area is 210 Å². The Balaban J connectivity index is 2.05. The normalized spacial score (nSPS) is 15.8. The molecule has 0 radical (unpaired) electrons. The highest BCUT2D eigenvalue weighted by atomic mass is 16.6. The fourth-order valence-electron chi connectivity index (χ4n) is 4.18. The SMILES string of the molecule is COC(=O)c1c(OCc2ccccc2)c(=O)c(C(C)=O)cn1C[C@@H]1CCCCN1C(=O)OC(C)(C)C. The number of methoxy groups -OCH3 is 1. The van der Waals surface area contributed by atoms with E-state index in [9.17, 15) is 19.2 Å². The van der Waals surface area contributed by atoms with Crippen LogP contribution in [0.1, 0.15) is 73.4 Å². The highest BCUT2D eigenvalue weighted by Crippen LogP contribution is 2.25. The number of esters is 1. The van der Waals surface area contributed by atoms with E-state index in [2.05, 4.69) is 0 Å². The van der Waals surface area contributed by atoms with Crippen molar-refractivity contribution < 1.29 is 28.6 Å². The van der Waals surface area contributed by atoms with E-state index >= 15 is 0 Å². The predicted octanol–water partition coefficient (Wildman–Crippen LogP) is 4.21. The standard InChI is InChI=1S/C27H34N2O7/c1-18(30)21-16-28(15-20-13-9-10-14-29(20)26(33)36-27(2,3)4)22(25(32)34-5)24(23(21)31)35-17-19-11-7-6-8-12-19/h6-8,11-12,16,20H,9-10,13-15,17H2,1-5H3/t20-/m0/s1. The van der Waals surface area contributed by atoms with Crippen molar-refractivity contribution in [1.82, 2.24) is 9.47 Å². The zero-order valence-corrected chi connectivity index (χ0v) is 21.5. The summed E-state index contributed by atoms with van der Waals surface area (Å²) in [5.74, 6) is -1.48. The number of amides is 1. The first-order valence-electron chi connectivity index (χ1n) is 12.0. The van der Waals surface area contributed by atoms with Gasteiger partial charge in [0.05, 0.1) is 18.7 Å². The van der Waals surface area contributed by atoms with Crippen molar-refractivity contribution in [1.29, 1.82) is 0 Å². The number of ketones is 1. The number of benzene rings is 1. The first-order chi connectivity index (χ1) is 17.0. The Morgan fingerprint density at radius 2 is 1.78 bits per heavy atom. The summed E-state index contributed by atoms with van der Waals surface area (Å²) in [6, 6.07) is 8.85. The molecule has 0 spiro atoms. The van der Waals surface area contributed by atoms with Gasteiger partial charge in [-0.3, -0.25) is 9.59 Å². The molecule has 3 rings (SSSR count). The van der Waals surface area contributed by atoms with Crippen LogP contribution >= 0.6 is 0 Å². The van der Waals surface area contributed by atoms with Crippen molar-refractivity contribution in [3.63, 3.8) is 0 Å². The number of ether oxygens (including phenoxy) is 3. The van der Waals surface area contributed by atoms with E-state index in [0.717, 1.165) is 18.4 Å². The molecule has 1 amide bonds. The molecule has 1 aromatic carbocycles. The second kappa shape index (κ2) is 11.4. The van der Waals surface area contributed by atoms with E-state index in [-0.39, 0.29) is 36.2 Å². The van der Waals surface area contributed by atoms with E-state index in [4.69, 9.17) is 14.2 Å². The number of nitrogens with zero attached hydrogens (tertiary/aromatic N) is 2. The molecule has 2 aromatic rings. The largest absolute Gasteiger partial charge is 0.482 e. The number of likely N-dealkylation sites (tertiary alicyclic amines) is 1. The number of carbonyl (C=O) groups excluding carboxylic acids is 3. The van der Waals surface area contributed by atoms with Gasteiger partial charge in [-0.1, -0.05) is 30.3 Å². The molecule has 2 heterocycles. The molecular weight excluding hydrogens is 464 g/mol. The van der Waals surface area contributed by atoms with Gasteiger partial charge in [-0.2, -0.15) is 0 Å². The molecule has 1 fully saturated rings. The van der Waals surface area contributed by atoms with Crippen LogP contribution in [0.15, 0.2) is 41.3 Å². The third-order valence-corrected chi connectivity index (χ3v) is 5.88. The van der Waals surface area contributed by atoms with Crippen LogP contribution in [0.3, 0.4) is 0 Å². The first kappa shape index (κ1) is 27.0. The third-order valence-electron chi connectivity index (χ3n) is 5.88. The van der Waals surface area contributed by atoms with Gasteiger partial charge in [0.2, 0.25) is 5.43 Å². The molecule has 0 N–H and O–H groups in total. The second-order valence-electron chi connectivity index (χ2n) is 9.85. The summed E-state index contributed by atoms with van der Waals surface area (Å²) in [4.78, 5) is 53.0. The van der Waals surface area contributed by atoms with E-state index in [1.165, 1.54) is 24.8 Å². The molecule has 0 unspecified atom stereocenters. The van der Waals surface area contributed by atoms with Crippen LogP contribution in [-0.2, 0) is 22.6 Å². The Bertz CT molecular complexity index is 1170. The van der Waals surface area contributed by atoms with E-state index in [1.54, 1.807) is 25.7 Å². The molecule has 194 valence electrons. The summed E-state index contributed by atoms with van der Waals surface area (Å²) in [6.45, 7) is 7.38. The van der Waals surface area contributed by atoms with Gasteiger partial charge in [0.1, 0.15) is 12.2 Å². The monoisotopic (exact) mass is 498 g/mol. The smallest absolute Gasteiger partial charge is 0.410 e. The van der Waals surface area contributed by atoms with Gasteiger partial charge in [-0.05, 0) is 52.5 Å². The van der Waals surface area contributed by atoms with Crippen LogP contribution in [0.2, 0.25) is 0 Å². The van der Waals surface area contributed by atoms with Crippen LogP contribution in [0, 0.1) is 0 Å². The van der Waals surface area contributed by atoms with Gasteiger partial charge in [0.15, 0.2) is 17.2 Å². The van der Waals surface area contributed by atoms with E-state index in [0.29, 0.717) is 13.0 Å². The van der Waals surface area contributed by atoms with Crippen LogP contribution in [-0.4, -0.2) is 52.6 Å². The Hall–Kier alpha value is -3.62. The number of hydrogen-bond acceptors (Lipinski definition) is 7. The Morgan fingerprint density at radius 1 is 1.08 bits per heavy atom. The Morgan fingerprint density at radius 3 is 2.39 bits per heavy atom. The van der Waals surface area contributed by atoms with E-state index < -0.39 is 28.9 Å². The van der Waals surface area contributed by atoms with Gasteiger partial charge < -0.3 is 23.7 Å². The average Bonchev–Trinajstić information content (AvgIpc) is 2.83. The van der Waals surface area contributed by atoms with Crippen molar-refractivity contribution in [3.8, 4) is 5.75 Å². The number of pyridine rings is 1. The number of rotatable bonds is 7. The molecule has 36 heavy (non-hydrogen) atoms. The number of hydrogen-bond donors (Lipinski definition) is 0. The molecule has 9 heteroatoms. The molecular formula is C27H34N2O7. The van der Waals surface area contributed by atoms with Crippen LogP contribution < -0.4 is 10.2 Å². The van der Waals surface area contributed by atoms with Crippen molar-refractivity contribution in [2.75, 3.05) is 13.7 Å². The Kier molecular flexibility index (Phi) is 8.55. The van der Waals surface area contributed by atoms with Crippen molar-refractivity contribution in [2.24, 2.45) is 0 Å². The quantitative estimate of drug-likeness (QED) is 0.416. The summed E-state index contributed by atoms with van der Waals surface area (Å²) in [5.41, 5.74) is -0.754. The number of aromatic nitrogens is 1. The van der Waals surface area contributed by atoms with Gasteiger partial charge in [-0.25, -0.2) is 9.59 Å². The van der Waals surface area contributed by atoms with Crippen LogP contribution in [0.5, 0.6) is 5.75 Å². The van der Waals surface area contributed by atoms with Crippen molar-refractivity contribution in [3.05, 3.63) is 63.6 Å². The van der Waals surface area contributed by atoms with Crippen LogP contribution in [0.25, 0.3) is 0 Å². The lowest BCUT2D eigenvalue weighted by Crippen LogP contribution is -2.48. The van der Waals surface area contributed by atoms with Gasteiger partial charge in [0.25, 0.3) is 0 Å². The molecule has 1 aromatic heterocycles. The second-order valence-corrected chi connectivity index (χ2v) is 9.85. The predicted molar refractivity (Wildman–Crippen MR) is 133 cm³/mol. The summed E-state index contributed by atoms with van der Waals surface area (Å²) in [6.07, 6.45) is 3.29. The zero-order chi connectivity index (χ0) is 26.5. The van der Waals surface area contributed by atoms with E-state index in [1.807, 2.05) is 30.3 Å². The van der Waals surface area contributed by atoms with Crippen molar-refractivity contribution in [2.45, 2.75) is 71.8 Å². The maximum atomic E-state index is 13.2. The minimum absolute atomic E-state index is 0.0227. The zero-order valence-electron chi connectivity index (χ0n) is 21.5. The highest BCUT2D eigenvalue weighted by Gasteiger charge is 2.33. The lowest BCUT2D eigenvalue weighted by Gasteiger charge is -2.37.